The minimum atomic E-state index is -0.909. The summed E-state index contributed by atoms with van der Waals surface area (Å²) in [7, 11) is 1.79. The first-order valence-corrected chi connectivity index (χ1v) is 12.6. The monoisotopic (exact) mass is 531 g/mol. The lowest BCUT2D eigenvalue weighted by Crippen LogP contribution is -2.20. The molecule has 6 rings (SSSR count). The maximum atomic E-state index is 13.4. The summed E-state index contributed by atoms with van der Waals surface area (Å²) < 4.78 is 8.88. The molecule has 1 amide bonds. The third kappa shape index (κ3) is 4.73. The Kier molecular flexibility index (Phi) is 6.41. The summed E-state index contributed by atoms with van der Waals surface area (Å²) >= 11 is 0. The summed E-state index contributed by atoms with van der Waals surface area (Å²) in [5, 5.41) is 4.44. The highest BCUT2D eigenvalue weighted by atomic mass is 16.6. The number of pyridine rings is 4. The molecule has 1 unspecified atom stereocenters. The predicted octanol–water partition coefficient (Wildman–Crippen LogP) is 4.38. The lowest BCUT2D eigenvalue weighted by Gasteiger charge is -2.17. The first kappa shape index (κ1) is 24.8. The number of anilines is 1. The zero-order valence-corrected chi connectivity index (χ0v) is 21.6. The van der Waals surface area contributed by atoms with E-state index in [2.05, 4.69) is 20.3 Å². The van der Waals surface area contributed by atoms with Crippen LogP contribution in [-0.4, -0.2) is 37.1 Å². The van der Waals surface area contributed by atoms with E-state index in [9.17, 15) is 9.59 Å². The van der Waals surface area contributed by atoms with Crippen molar-refractivity contribution in [3.05, 3.63) is 125 Å². The molecule has 0 saturated carbocycles. The molecule has 40 heavy (non-hydrogen) atoms. The Morgan fingerprint density at radius 1 is 1.05 bits per heavy atom. The number of benzene rings is 1. The predicted molar refractivity (Wildman–Crippen MR) is 152 cm³/mol. The van der Waals surface area contributed by atoms with E-state index in [0.29, 0.717) is 28.0 Å². The highest BCUT2D eigenvalue weighted by Crippen LogP contribution is 2.28. The second-order valence-corrected chi connectivity index (χ2v) is 9.26. The van der Waals surface area contributed by atoms with Crippen LogP contribution in [0.4, 0.5) is 10.5 Å². The van der Waals surface area contributed by atoms with Crippen molar-refractivity contribution in [1.82, 2.24) is 23.9 Å². The third-order valence-electron chi connectivity index (χ3n) is 6.72. The van der Waals surface area contributed by atoms with Crippen LogP contribution >= 0.6 is 0 Å². The zero-order chi connectivity index (χ0) is 27.6. The molecule has 0 saturated heterocycles. The first-order chi connectivity index (χ1) is 19.5. The highest BCUT2D eigenvalue weighted by molar-refractivity contribution is 5.95. The molecule has 10 heteroatoms. The van der Waals surface area contributed by atoms with E-state index in [-0.39, 0.29) is 12.1 Å². The molecule has 6 aromatic rings. The minimum Gasteiger partial charge on any atom is -0.435 e. The fourth-order valence-corrected chi connectivity index (χ4v) is 4.81. The van der Waals surface area contributed by atoms with Crippen LogP contribution in [0.25, 0.3) is 27.5 Å². The van der Waals surface area contributed by atoms with Gasteiger partial charge in [-0.15, -0.1) is 0 Å². The highest BCUT2D eigenvalue weighted by Gasteiger charge is 2.21. The molecule has 5 heterocycles. The van der Waals surface area contributed by atoms with Crippen molar-refractivity contribution in [1.29, 1.82) is 0 Å². The molecule has 10 nitrogen and oxygen atoms in total. The van der Waals surface area contributed by atoms with Gasteiger partial charge in [-0.05, 0) is 41.3 Å². The van der Waals surface area contributed by atoms with Gasteiger partial charge < -0.3 is 24.8 Å². The average molecular weight is 532 g/mol. The second-order valence-electron chi connectivity index (χ2n) is 9.26. The molecule has 1 aromatic carbocycles. The maximum Gasteiger partial charge on any atom is 0.405 e. The first-order valence-electron chi connectivity index (χ1n) is 12.6. The van der Waals surface area contributed by atoms with Gasteiger partial charge in [-0.2, -0.15) is 0 Å². The molecule has 0 aliphatic carbocycles. The van der Waals surface area contributed by atoms with E-state index in [1.165, 1.54) is 0 Å². The van der Waals surface area contributed by atoms with Gasteiger partial charge in [0.05, 0.1) is 23.3 Å². The summed E-state index contributed by atoms with van der Waals surface area (Å²) in [6.07, 6.45) is 8.73. The largest absolute Gasteiger partial charge is 0.435 e. The van der Waals surface area contributed by atoms with Gasteiger partial charge in [0, 0.05) is 61.0 Å². The molecule has 1 atom stereocenters. The number of hydrogen-bond acceptors (Lipinski definition) is 7. The molecular formula is C30H25N7O3. The number of rotatable bonds is 7. The van der Waals surface area contributed by atoms with Crippen molar-refractivity contribution in [3.63, 3.8) is 0 Å². The van der Waals surface area contributed by atoms with Crippen LogP contribution in [0.15, 0.2) is 103 Å². The normalized spacial score (nSPS) is 11.9. The summed E-state index contributed by atoms with van der Waals surface area (Å²) in [5.41, 5.74) is 10.5. The number of nitrogens with two attached hydrogens (primary N) is 1. The van der Waals surface area contributed by atoms with Gasteiger partial charge in [0.15, 0.2) is 6.10 Å². The number of carbonyl (C=O) groups excluding carboxylic acids is 1. The number of imidazole rings is 1. The quantitative estimate of drug-likeness (QED) is 0.313. The molecule has 0 fully saturated rings. The second kappa shape index (κ2) is 10.3. The van der Waals surface area contributed by atoms with Crippen molar-refractivity contribution < 1.29 is 9.53 Å². The number of carbonyl (C=O) groups is 1. The van der Waals surface area contributed by atoms with E-state index in [1.807, 2.05) is 71.4 Å². The number of primary amides is 1. The van der Waals surface area contributed by atoms with Gasteiger partial charge in [-0.25, -0.2) is 9.78 Å². The standard InChI is InChI=1S/C30H25N7O3/c1-32-21-9-11-34-26(13-21)28(40-30(31)39)20-7-8-27-35-22(18-37(27)16-20)17-36-12-10-23-24(19-5-3-2-4-6-19)14-33-15-25(23)29(36)38/h2-16,18,28H,17H2,1H3,(H2,31,39)(H,32,34). The van der Waals surface area contributed by atoms with E-state index >= 15 is 0 Å². The van der Waals surface area contributed by atoms with Gasteiger partial charge in [0.25, 0.3) is 5.56 Å². The lowest BCUT2D eigenvalue weighted by atomic mass is 10.0. The molecule has 0 aliphatic heterocycles. The van der Waals surface area contributed by atoms with Crippen molar-refractivity contribution in [2.75, 3.05) is 12.4 Å². The average Bonchev–Trinajstić information content (AvgIpc) is 3.39. The smallest absolute Gasteiger partial charge is 0.405 e. The number of nitrogens with one attached hydrogen (secondary N) is 1. The number of nitrogens with zero attached hydrogens (tertiary/aromatic N) is 5. The van der Waals surface area contributed by atoms with Crippen LogP contribution in [0.1, 0.15) is 23.1 Å². The summed E-state index contributed by atoms with van der Waals surface area (Å²) in [5.74, 6) is 0. The van der Waals surface area contributed by atoms with Gasteiger partial charge in [0.1, 0.15) is 5.65 Å². The lowest BCUT2D eigenvalue weighted by molar-refractivity contribution is 0.124. The van der Waals surface area contributed by atoms with E-state index in [4.69, 9.17) is 10.5 Å². The van der Waals surface area contributed by atoms with Crippen LogP contribution in [0.5, 0.6) is 0 Å². The molecule has 0 spiro atoms. The van der Waals surface area contributed by atoms with Gasteiger partial charge in [-0.1, -0.05) is 30.3 Å². The topological polar surface area (TPSA) is 129 Å². The Labute approximate surface area is 228 Å². The van der Waals surface area contributed by atoms with Crippen LogP contribution < -0.4 is 16.6 Å². The molecule has 5 aromatic heterocycles. The fourth-order valence-electron chi connectivity index (χ4n) is 4.81. The Bertz CT molecular complexity index is 1910. The Balaban J connectivity index is 1.33. The van der Waals surface area contributed by atoms with E-state index in [0.717, 1.165) is 22.2 Å². The molecule has 0 bridgehead atoms. The summed E-state index contributed by atoms with van der Waals surface area (Å²) in [6.45, 7) is 0.272. The Morgan fingerprint density at radius 3 is 2.70 bits per heavy atom. The number of hydrogen-bond donors (Lipinski definition) is 2. The fraction of sp³-hybridized carbons (Fsp3) is 0.100. The molecule has 3 N–H and O–H groups in total. The summed E-state index contributed by atoms with van der Waals surface area (Å²) in [4.78, 5) is 38.5. The van der Waals surface area contributed by atoms with Crippen LogP contribution in [0, 0.1) is 0 Å². The third-order valence-corrected chi connectivity index (χ3v) is 6.72. The van der Waals surface area contributed by atoms with Crippen molar-refractivity contribution >= 4 is 28.2 Å². The number of ether oxygens (including phenoxy) is 1. The number of fused-ring (bicyclic) bond motifs is 2. The number of aromatic nitrogens is 5. The van der Waals surface area contributed by atoms with Gasteiger partial charge >= 0.3 is 6.09 Å². The van der Waals surface area contributed by atoms with Crippen molar-refractivity contribution in [3.8, 4) is 11.1 Å². The zero-order valence-electron chi connectivity index (χ0n) is 21.6. The molecular weight excluding hydrogens is 506 g/mol. The molecule has 198 valence electrons. The van der Waals surface area contributed by atoms with Crippen molar-refractivity contribution in [2.45, 2.75) is 12.6 Å². The van der Waals surface area contributed by atoms with Crippen LogP contribution in [0.2, 0.25) is 0 Å². The number of amides is 1. The summed E-state index contributed by atoms with van der Waals surface area (Å²) in [6, 6.07) is 19.0. The van der Waals surface area contributed by atoms with Gasteiger partial charge in [-0.3, -0.25) is 14.8 Å². The van der Waals surface area contributed by atoms with Crippen LogP contribution in [-0.2, 0) is 11.3 Å². The Hall–Kier alpha value is -5.51. The Morgan fingerprint density at radius 2 is 1.90 bits per heavy atom. The minimum absolute atomic E-state index is 0.147. The molecule has 0 radical (unpaired) electrons. The van der Waals surface area contributed by atoms with Crippen LogP contribution in [0.3, 0.4) is 0 Å². The van der Waals surface area contributed by atoms with E-state index in [1.54, 1.807) is 42.5 Å². The maximum absolute atomic E-state index is 13.4. The van der Waals surface area contributed by atoms with E-state index < -0.39 is 12.2 Å². The van der Waals surface area contributed by atoms with Crippen molar-refractivity contribution in [2.24, 2.45) is 5.73 Å². The van der Waals surface area contributed by atoms with Gasteiger partial charge in [0.2, 0.25) is 0 Å². The SMILES string of the molecule is CNc1ccnc(C(OC(N)=O)c2ccc3nc(Cn4ccc5c(-c6ccccc6)cncc5c4=O)cn3c2)c1. The molecule has 0 aliphatic rings.